The van der Waals surface area contributed by atoms with E-state index in [-0.39, 0.29) is 0 Å². The van der Waals surface area contributed by atoms with E-state index in [1.165, 1.54) is 0 Å². The molecule has 0 aliphatic heterocycles. The molecule has 3 rings (SSSR count). The fourth-order valence-electron chi connectivity index (χ4n) is 2.05. The first-order valence-electron chi connectivity index (χ1n) is 6.44. The number of nitrogens with zero attached hydrogens (tertiary/aromatic N) is 2. The van der Waals surface area contributed by atoms with E-state index in [0.717, 1.165) is 5.39 Å². The molecule has 0 aliphatic rings. The zero-order valence-electron chi connectivity index (χ0n) is 11.4. The minimum atomic E-state index is -0.418. The number of para-hydroxylation sites is 1. The fraction of sp³-hybridized carbons (Fsp3) is 0.0625. The van der Waals surface area contributed by atoms with Crippen molar-refractivity contribution in [3.63, 3.8) is 0 Å². The summed E-state index contributed by atoms with van der Waals surface area (Å²) in [7, 11) is 0. The van der Waals surface area contributed by atoms with Crippen molar-refractivity contribution in [2.24, 2.45) is 4.99 Å². The summed E-state index contributed by atoms with van der Waals surface area (Å²) in [5.41, 5.74) is 6.71. The Kier molecular flexibility index (Phi) is 3.23. The lowest BCUT2D eigenvalue weighted by Gasteiger charge is -2.02. The van der Waals surface area contributed by atoms with E-state index >= 15 is 0 Å². The van der Waals surface area contributed by atoms with E-state index in [0.29, 0.717) is 28.5 Å². The molecule has 0 saturated carbocycles. The molecule has 0 spiro atoms. The van der Waals surface area contributed by atoms with Crippen LogP contribution in [-0.4, -0.2) is 10.7 Å². The Morgan fingerprint density at radius 2 is 2.00 bits per heavy atom. The van der Waals surface area contributed by atoms with Crippen LogP contribution in [0, 0.1) is 0 Å². The summed E-state index contributed by atoms with van der Waals surface area (Å²) in [5.74, 6) is 0.842. The number of hydrogen-bond acceptors (Lipinski definition) is 5. The van der Waals surface area contributed by atoms with Gasteiger partial charge < -0.3 is 10.2 Å². The van der Waals surface area contributed by atoms with Crippen molar-refractivity contribution in [1.29, 1.82) is 0 Å². The van der Waals surface area contributed by atoms with Gasteiger partial charge in [0, 0.05) is 5.39 Å². The topological polar surface area (TPSA) is 81.5 Å². The predicted octanol–water partition coefficient (Wildman–Crippen LogP) is 2.91. The van der Waals surface area contributed by atoms with E-state index in [2.05, 4.69) is 9.98 Å². The number of anilines is 1. The third-order valence-corrected chi connectivity index (χ3v) is 3.07. The summed E-state index contributed by atoms with van der Waals surface area (Å²) in [4.78, 5) is 20.5. The summed E-state index contributed by atoms with van der Waals surface area (Å²) in [6.07, 6.45) is 0. The number of rotatable bonds is 2. The number of nitrogen functional groups attached to an aromatic ring is 1. The molecule has 0 fully saturated rings. The molecule has 1 aromatic carbocycles. The maximum Gasteiger partial charge on any atom is 0.345 e. The zero-order valence-corrected chi connectivity index (χ0v) is 11.4. The van der Waals surface area contributed by atoms with Crippen LogP contribution in [0.1, 0.15) is 12.5 Å². The quantitative estimate of drug-likeness (QED) is 0.577. The standard InChI is InChI=1S/C16H13N3O2/c1-10(18-15-8-4-7-14(17)19-15)12-9-11-5-2-3-6-13(11)21-16(12)20/h2-9H,1H3,(H2,17,19). The molecule has 0 amide bonds. The molecule has 5 heteroatoms. The molecular weight excluding hydrogens is 266 g/mol. The van der Waals surface area contributed by atoms with Crippen LogP contribution in [0.5, 0.6) is 0 Å². The second kappa shape index (κ2) is 5.20. The minimum absolute atomic E-state index is 0.384. The first kappa shape index (κ1) is 13.1. The highest BCUT2D eigenvalue weighted by Gasteiger charge is 2.08. The Labute approximate surface area is 120 Å². The number of nitrogens with two attached hydrogens (primary N) is 1. The highest BCUT2D eigenvalue weighted by Crippen LogP contribution is 2.15. The molecular formula is C16H13N3O2. The van der Waals surface area contributed by atoms with Crippen LogP contribution in [0.3, 0.4) is 0 Å². The van der Waals surface area contributed by atoms with Crippen molar-refractivity contribution < 1.29 is 4.42 Å². The lowest BCUT2D eigenvalue weighted by atomic mass is 10.1. The minimum Gasteiger partial charge on any atom is -0.422 e. The predicted molar refractivity (Wildman–Crippen MR) is 83.0 cm³/mol. The molecule has 2 heterocycles. The fourth-order valence-corrected chi connectivity index (χ4v) is 2.05. The third kappa shape index (κ3) is 2.67. The lowest BCUT2D eigenvalue weighted by Crippen LogP contribution is -2.11. The van der Waals surface area contributed by atoms with Gasteiger partial charge in [-0.15, -0.1) is 0 Å². The number of hydrogen-bond donors (Lipinski definition) is 1. The van der Waals surface area contributed by atoms with Gasteiger partial charge in [-0.3, -0.25) is 0 Å². The molecule has 0 bridgehead atoms. The average molecular weight is 279 g/mol. The summed E-state index contributed by atoms with van der Waals surface area (Å²) >= 11 is 0. The Bertz CT molecular complexity index is 897. The second-order valence-electron chi connectivity index (χ2n) is 4.60. The number of benzene rings is 1. The largest absolute Gasteiger partial charge is 0.422 e. The molecule has 0 radical (unpaired) electrons. The van der Waals surface area contributed by atoms with Gasteiger partial charge in [0.15, 0.2) is 5.82 Å². The van der Waals surface area contributed by atoms with Crippen LogP contribution in [-0.2, 0) is 0 Å². The Hall–Kier alpha value is -2.95. The van der Waals surface area contributed by atoms with E-state index in [1.807, 2.05) is 18.2 Å². The molecule has 3 aromatic rings. The van der Waals surface area contributed by atoms with E-state index < -0.39 is 5.63 Å². The lowest BCUT2D eigenvalue weighted by molar-refractivity contribution is 0.559. The normalized spacial score (nSPS) is 11.8. The number of aliphatic imine (C=N–C) groups is 1. The highest BCUT2D eigenvalue weighted by atomic mass is 16.4. The van der Waals surface area contributed by atoms with Crippen LogP contribution < -0.4 is 11.4 Å². The Morgan fingerprint density at radius 1 is 1.19 bits per heavy atom. The van der Waals surface area contributed by atoms with Gasteiger partial charge in [0.05, 0.1) is 11.3 Å². The van der Waals surface area contributed by atoms with E-state index in [1.54, 1.807) is 37.3 Å². The van der Waals surface area contributed by atoms with Crippen molar-refractivity contribution in [3.8, 4) is 0 Å². The number of fused-ring (bicyclic) bond motifs is 1. The van der Waals surface area contributed by atoms with Gasteiger partial charge in [-0.2, -0.15) is 0 Å². The first-order chi connectivity index (χ1) is 10.1. The molecule has 21 heavy (non-hydrogen) atoms. The molecule has 5 nitrogen and oxygen atoms in total. The highest BCUT2D eigenvalue weighted by molar-refractivity contribution is 6.01. The monoisotopic (exact) mass is 279 g/mol. The zero-order chi connectivity index (χ0) is 14.8. The summed E-state index contributed by atoms with van der Waals surface area (Å²) in [6, 6.07) is 14.3. The van der Waals surface area contributed by atoms with Crippen LogP contribution in [0.25, 0.3) is 11.0 Å². The van der Waals surface area contributed by atoms with Crippen molar-refractivity contribution in [2.45, 2.75) is 6.92 Å². The number of pyridine rings is 1. The SMILES string of the molecule is CC(=Nc1cccc(N)n1)c1cc2ccccc2oc1=O. The van der Waals surface area contributed by atoms with Crippen LogP contribution in [0.4, 0.5) is 11.6 Å². The molecule has 0 saturated heterocycles. The van der Waals surface area contributed by atoms with Gasteiger partial charge in [-0.1, -0.05) is 24.3 Å². The van der Waals surface area contributed by atoms with Crippen molar-refractivity contribution in [3.05, 3.63) is 64.5 Å². The van der Waals surface area contributed by atoms with Crippen molar-refractivity contribution in [1.82, 2.24) is 4.98 Å². The molecule has 0 unspecified atom stereocenters. The van der Waals surface area contributed by atoms with E-state index in [9.17, 15) is 4.79 Å². The van der Waals surface area contributed by atoms with Gasteiger partial charge >= 0.3 is 5.63 Å². The summed E-state index contributed by atoms with van der Waals surface area (Å²) in [6.45, 7) is 1.74. The van der Waals surface area contributed by atoms with Gasteiger partial charge in [0.2, 0.25) is 0 Å². The number of aromatic nitrogens is 1. The van der Waals surface area contributed by atoms with Gasteiger partial charge in [-0.05, 0) is 31.2 Å². The molecule has 104 valence electrons. The van der Waals surface area contributed by atoms with Gasteiger partial charge in [-0.25, -0.2) is 14.8 Å². The summed E-state index contributed by atoms with van der Waals surface area (Å²) < 4.78 is 5.29. The molecule has 2 N–H and O–H groups in total. The Balaban J connectivity index is 2.11. The maximum atomic E-state index is 12.0. The van der Waals surface area contributed by atoms with Crippen molar-refractivity contribution in [2.75, 3.05) is 5.73 Å². The van der Waals surface area contributed by atoms with E-state index in [4.69, 9.17) is 10.2 Å². The first-order valence-corrected chi connectivity index (χ1v) is 6.44. The van der Waals surface area contributed by atoms with Crippen molar-refractivity contribution >= 4 is 28.3 Å². The smallest absolute Gasteiger partial charge is 0.345 e. The molecule has 0 atom stereocenters. The molecule has 0 aliphatic carbocycles. The second-order valence-corrected chi connectivity index (χ2v) is 4.60. The van der Waals surface area contributed by atoms with Crippen LogP contribution >= 0.6 is 0 Å². The van der Waals surface area contributed by atoms with Crippen LogP contribution in [0.15, 0.2) is 62.7 Å². The van der Waals surface area contributed by atoms with Crippen LogP contribution in [0.2, 0.25) is 0 Å². The maximum absolute atomic E-state index is 12.0. The average Bonchev–Trinajstić information content (AvgIpc) is 2.46. The summed E-state index contributed by atoms with van der Waals surface area (Å²) in [5, 5.41) is 0.849. The Morgan fingerprint density at radius 3 is 2.81 bits per heavy atom. The van der Waals surface area contributed by atoms with Gasteiger partial charge in [0.25, 0.3) is 0 Å². The molecule has 2 aromatic heterocycles. The van der Waals surface area contributed by atoms with Gasteiger partial charge in [0.1, 0.15) is 11.4 Å². The third-order valence-electron chi connectivity index (χ3n) is 3.07.